The first kappa shape index (κ1) is 19.8. The van der Waals surface area contributed by atoms with Crippen molar-refractivity contribution >= 4 is 8.38 Å². The average Bonchev–Trinajstić information content (AvgIpc) is 1.87. The molecule has 0 radical (unpaired) electrons. The second-order valence-electron chi connectivity index (χ2n) is 1.74. The first-order valence-electron chi connectivity index (χ1n) is 3.23. The summed E-state index contributed by atoms with van der Waals surface area (Å²) in [7, 11) is -2.22. The van der Waals surface area contributed by atoms with Crippen molar-refractivity contribution in [2.75, 3.05) is 19.3 Å². The largest absolute Gasteiger partial charge is 1.00 e. The SMILES string of the molecule is CCONCCCP([O-])[O-].[Na+].[Na+]. The third-order valence-electron chi connectivity index (χ3n) is 0.866. The summed E-state index contributed by atoms with van der Waals surface area (Å²) in [5.74, 6) is 0. The quantitative estimate of drug-likeness (QED) is 0.205. The van der Waals surface area contributed by atoms with Gasteiger partial charge in [-0.25, -0.2) is 5.48 Å². The Labute approximate surface area is 119 Å². The average molecular weight is 211 g/mol. The van der Waals surface area contributed by atoms with Crippen LogP contribution in [0.1, 0.15) is 13.3 Å². The second kappa shape index (κ2) is 15.7. The number of hydroxylamine groups is 1. The van der Waals surface area contributed by atoms with Crippen LogP contribution >= 0.6 is 8.38 Å². The molecule has 0 aliphatic carbocycles. The Balaban J connectivity index is -0.000000405. The van der Waals surface area contributed by atoms with E-state index in [-0.39, 0.29) is 65.3 Å². The smallest absolute Gasteiger partial charge is 0.842 e. The summed E-state index contributed by atoms with van der Waals surface area (Å²) in [5.41, 5.74) is 2.62. The summed E-state index contributed by atoms with van der Waals surface area (Å²) < 4.78 is 0. The third kappa shape index (κ3) is 18.1. The van der Waals surface area contributed by atoms with Crippen LogP contribution in [0.25, 0.3) is 0 Å². The van der Waals surface area contributed by atoms with Gasteiger partial charge in [0.25, 0.3) is 0 Å². The summed E-state index contributed by atoms with van der Waals surface area (Å²) in [4.78, 5) is 24.8. The summed E-state index contributed by atoms with van der Waals surface area (Å²) >= 11 is 0. The normalized spacial score (nSPS) is 9.00. The molecule has 1 N–H and O–H groups in total. The van der Waals surface area contributed by atoms with Crippen LogP contribution in [0.3, 0.4) is 0 Å². The Hall–Kier alpha value is 2.27. The van der Waals surface area contributed by atoms with Crippen LogP contribution in [0.5, 0.6) is 0 Å². The van der Waals surface area contributed by atoms with Crippen LogP contribution in [0.4, 0.5) is 0 Å². The molecular formula is C5H12NNa2O3P. The molecule has 0 spiro atoms. The van der Waals surface area contributed by atoms with E-state index in [2.05, 4.69) is 5.48 Å². The van der Waals surface area contributed by atoms with Crippen molar-refractivity contribution in [1.82, 2.24) is 5.48 Å². The Morgan fingerprint density at radius 2 is 1.92 bits per heavy atom. The van der Waals surface area contributed by atoms with Crippen LogP contribution in [0, 0.1) is 0 Å². The van der Waals surface area contributed by atoms with E-state index in [1.165, 1.54) is 0 Å². The van der Waals surface area contributed by atoms with E-state index in [1.807, 2.05) is 6.92 Å². The van der Waals surface area contributed by atoms with Crippen molar-refractivity contribution in [3.8, 4) is 0 Å². The van der Waals surface area contributed by atoms with E-state index >= 15 is 0 Å². The maximum atomic E-state index is 10.0. The molecule has 0 rings (SSSR count). The van der Waals surface area contributed by atoms with Gasteiger partial charge in [-0.3, -0.25) is 0 Å². The van der Waals surface area contributed by atoms with E-state index in [0.29, 0.717) is 19.6 Å². The van der Waals surface area contributed by atoms with Gasteiger partial charge >= 0.3 is 59.1 Å². The van der Waals surface area contributed by atoms with Gasteiger partial charge in [-0.2, -0.15) is 0 Å². The molecular weight excluding hydrogens is 199 g/mol. The molecule has 4 nitrogen and oxygen atoms in total. The van der Waals surface area contributed by atoms with Crippen LogP contribution in [-0.2, 0) is 4.84 Å². The molecule has 0 saturated heterocycles. The van der Waals surface area contributed by atoms with Crippen molar-refractivity contribution < 1.29 is 73.7 Å². The second-order valence-corrected chi connectivity index (χ2v) is 2.85. The maximum Gasteiger partial charge on any atom is 1.00 e. The third-order valence-corrected chi connectivity index (χ3v) is 1.55. The number of nitrogens with one attached hydrogen (secondary N) is 1. The van der Waals surface area contributed by atoms with E-state index < -0.39 is 8.38 Å². The number of hydrogen-bond donors (Lipinski definition) is 1. The fourth-order valence-corrected chi connectivity index (χ4v) is 0.871. The summed E-state index contributed by atoms with van der Waals surface area (Å²) in [6.45, 7) is 3.06. The summed E-state index contributed by atoms with van der Waals surface area (Å²) in [5, 5.41) is 0. The minimum Gasteiger partial charge on any atom is -0.842 e. The minimum absolute atomic E-state index is 0. The molecule has 0 saturated carbocycles. The Kier molecular flexibility index (Phi) is 25.9. The zero-order valence-corrected chi connectivity index (χ0v) is 12.9. The first-order valence-corrected chi connectivity index (χ1v) is 4.60. The van der Waals surface area contributed by atoms with Crippen molar-refractivity contribution in [2.45, 2.75) is 13.3 Å². The molecule has 0 aliphatic rings. The summed E-state index contributed by atoms with van der Waals surface area (Å²) in [6.07, 6.45) is 0.841. The zero-order chi connectivity index (χ0) is 7.82. The molecule has 0 aromatic carbocycles. The van der Waals surface area contributed by atoms with Crippen molar-refractivity contribution in [3.63, 3.8) is 0 Å². The molecule has 0 unspecified atom stereocenters. The minimum atomic E-state index is -2.22. The fraction of sp³-hybridized carbons (Fsp3) is 1.00. The van der Waals surface area contributed by atoms with Crippen LogP contribution < -0.4 is 74.4 Å². The molecule has 0 atom stereocenters. The van der Waals surface area contributed by atoms with Gasteiger partial charge in [0.05, 0.1) is 6.61 Å². The van der Waals surface area contributed by atoms with Gasteiger partial charge in [-0.1, -0.05) is 6.16 Å². The molecule has 0 heterocycles. The molecule has 12 heavy (non-hydrogen) atoms. The van der Waals surface area contributed by atoms with Crippen LogP contribution in [-0.4, -0.2) is 19.3 Å². The fourth-order valence-electron chi connectivity index (χ4n) is 0.455. The van der Waals surface area contributed by atoms with Crippen molar-refractivity contribution in [2.24, 2.45) is 0 Å². The van der Waals surface area contributed by atoms with Gasteiger partial charge in [0, 0.05) is 6.54 Å². The molecule has 0 aliphatic heterocycles. The van der Waals surface area contributed by atoms with Gasteiger partial charge < -0.3 is 23.0 Å². The van der Waals surface area contributed by atoms with Crippen molar-refractivity contribution in [1.29, 1.82) is 0 Å². The standard InChI is InChI=1S/C5H12NO3P.2Na/c1-2-9-6-4-3-5-10(7)8;;/h6H,2-5H2,1H3;;/q-2;2*+1. The molecule has 0 aromatic heterocycles. The number of hydrogen-bond acceptors (Lipinski definition) is 4. The van der Waals surface area contributed by atoms with E-state index in [1.54, 1.807) is 0 Å². The number of rotatable bonds is 6. The Morgan fingerprint density at radius 1 is 1.33 bits per heavy atom. The molecule has 0 amide bonds. The molecule has 62 valence electrons. The Morgan fingerprint density at radius 3 is 2.33 bits per heavy atom. The van der Waals surface area contributed by atoms with Gasteiger partial charge in [-0.05, 0) is 13.3 Å². The summed E-state index contributed by atoms with van der Waals surface area (Å²) in [6, 6.07) is 0. The molecule has 7 heteroatoms. The molecule has 0 fully saturated rings. The first-order chi connectivity index (χ1) is 4.77. The van der Waals surface area contributed by atoms with Gasteiger partial charge in [0.15, 0.2) is 0 Å². The molecule has 0 aromatic rings. The van der Waals surface area contributed by atoms with Crippen LogP contribution in [0.15, 0.2) is 0 Å². The van der Waals surface area contributed by atoms with E-state index in [4.69, 9.17) is 4.84 Å². The van der Waals surface area contributed by atoms with Crippen molar-refractivity contribution in [3.05, 3.63) is 0 Å². The van der Waals surface area contributed by atoms with Gasteiger partial charge in [0.2, 0.25) is 0 Å². The Bertz CT molecular complexity index is 79.7. The van der Waals surface area contributed by atoms with E-state index in [0.717, 1.165) is 0 Å². The van der Waals surface area contributed by atoms with Crippen LogP contribution in [0.2, 0.25) is 0 Å². The maximum absolute atomic E-state index is 10.0. The van der Waals surface area contributed by atoms with Gasteiger partial charge in [-0.15, -0.1) is 0 Å². The van der Waals surface area contributed by atoms with Gasteiger partial charge in [0.1, 0.15) is 0 Å². The monoisotopic (exact) mass is 211 g/mol. The predicted octanol–water partition coefficient (Wildman–Crippen LogP) is -7.04. The topological polar surface area (TPSA) is 67.4 Å². The zero-order valence-electron chi connectivity index (χ0n) is 8.00. The van der Waals surface area contributed by atoms with E-state index in [9.17, 15) is 9.79 Å². The predicted molar refractivity (Wildman–Crippen MR) is 36.0 cm³/mol. The molecule has 0 bridgehead atoms.